The quantitative estimate of drug-likeness (QED) is 0.842. The van der Waals surface area contributed by atoms with E-state index in [0.29, 0.717) is 12.4 Å². The van der Waals surface area contributed by atoms with Crippen LogP contribution in [0.4, 0.5) is 5.82 Å². The number of pyridine rings is 1. The van der Waals surface area contributed by atoms with Crippen molar-refractivity contribution in [3.8, 4) is 0 Å². The van der Waals surface area contributed by atoms with Crippen molar-refractivity contribution in [2.24, 2.45) is 11.7 Å². The minimum Gasteiger partial charge on any atom is -0.362 e. The molecule has 1 heterocycles. The summed E-state index contributed by atoms with van der Waals surface area (Å²) < 4.78 is 23.4. The number of hydrogen-bond donors (Lipinski definition) is 2. The second kappa shape index (κ2) is 5.24. The van der Waals surface area contributed by atoms with Gasteiger partial charge in [-0.15, -0.1) is 0 Å². The van der Waals surface area contributed by atoms with Gasteiger partial charge in [0.15, 0.2) is 9.84 Å². The molecular weight excluding hydrogens is 250 g/mol. The molecule has 0 saturated heterocycles. The zero-order valence-electron chi connectivity index (χ0n) is 11.3. The Bertz CT molecular complexity index is 514. The fourth-order valence-electron chi connectivity index (χ4n) is 1.49. The van der Waals surface area contributed by atoms with E-state index in [1.165, 1.54) is 6.26 Å². The highest BCUT2D eigenvalue weighted by Crippen LogP contribution is 2.25. The Balaban J connectivity index is 3.20. The van der Waals surface area contributed by atoms with Gasteiger partial charge in [0.25, 0.3) is 0 Å². The molecule has 0 aliphatic heterocycles. The second-order valence-corrected chi connectivity index (χ2v) is 7.01. The van der Waals surface area contributed by atoms with Gasteiger partial charge < -0.3 is 11.1 Å². The average molecular weight is 271 g/mol. The first-order valence-corrected chi connectivity index (χ1v) is 7.73. The van der Waals surface area contributed by atoms with Crippen LogP contribution in [0.3, 0.4) is 0 Å². The lowest BCUT2D eigenvalue weighted by atomic mass is 9.88. The summed E-state index contributed by atoms with van der Waals surface area (Å²) in [5, 5.41) is 3.16. The first kappa shape index (κ1) is 14.9. The van der Waals surface area contributed by atoms with E-state index in [9.17, 15) is 8.42 Å². The van der Waals surface area contributed by atoms with Gasteiger partial charge in [0.05, 0.1) is 5.54 Å². The molecule has 18 heavy (non-hydrogen) atoms. The third-order valence-corrected chi connectivity index (χ3v) is 4.40. The summed E-state index contributed by atoms with van der Waals surface area (Å²) in [7, 11) is -3.31. The number of nitrogens with zero attached hydrogens (tertiary/aromatic N) is 1. The molecule has 0 spiro atoms. The van der Waals surface area contributed by atoms with Crippen molar-refractivity contribution in [1.82, 2.24) is 4.98 Å². The number of nitrogens with one attached hydrogen (secondary N) is 1. The summed E-state index contributed by atoms with van der Waals surface area (Å²) in [5.74, 6) is 0.610. The Kier molecular flexibility index (Phi) is 4.34. The van der Waals surface area contributed by atoms with Crippen LogP contribution in [0.15, 0.2) is 23.2 Å². The Hall–Kier alpha value is -1.14. The molecule has 1 aromatic heterocycles. The molecule has 0 aliphatic rings. The zero-order chi connectivity index (χ0) is 14.0. The SMILES string of the molecule is CC(C)C(C)(CN)Nc1ncccc1S(C)(=O)=O. The second-order valence-electron chi connectivity index (χ2n) is 5.02. The predicted octanol–water partition coefficient (Wildman–Crippen LogP) is 1.27. The molecular formula is C12H21N3O2S. The van der Waals surface area contributed by atoms with Gasteiger partial charge in [0, 0.05) is 19.0 Å². The van der Waals surface area contributed by atoms with Crippen LogP contribution in [-0.4, -0.2) is 31.7 Å². The van der Waals surface area contributed by atoms with E-state index in [1.807, 2.05) is 20.8 Å². The maximum absolute atomic E-state index is 11.7. The molecule has 0 amide bonds. The Labute approximate surface area is 109 Å². The molecule has 1 atom stereocenters. The molecule has 0 saturated carbocycles. The van der Waals surface area contributed by atoms with Gasteiger partial charge in [-0.2, -0.15) is 0 Å². The van der Waals surface area contributed by atoms with Crippen LogP contribution in [0.2, 0.25) is 0 Å². The van der Waals surface area contributed by atoms with E-state index < -0.39 is 15.4 Å². The van der Waals surface area contributed by atoms with E-state index in [-0.39, 0.29) is 10.8 Å². The van der Waals surface area contributed by atoms with Gasteiger partial charge in [-0.1, -0.05) is 13.8 Å². The molecule has 102 valence electrons. The standard InChI is InChI=1S/C12H21N3O2S/c1-9(2)12(3,8-13)15-11-10(18(4,16)17)6-5-7-14-11/h5-7,9H,8,13H2,1-4H3,(H,14,15). The number of aromatic nitrogens is 1. The van der Waals surface area contributed by atoms with Crippen LogP contribution in [0.5, 0.6) is 0 Å². The van der Waals surface area contributed by atoms with Crippen LogP contribution in [0, 0.1) is 5.92 Å². The van der Waals surface area contributed by atoms with Crippen molar-refractivity contribution in [2.75, 3.05) is 18.1 Å². The minimum atomic E-state index is -3.31. The number of nitrogens with two attached hydrogens (primary N) is 1. The van der Waals surface area contributed by atoms with Crippen molar-refractivity contribution in [1.29, 1.82) is 0 Å². The highest BCUT2D eigenvalue weighted by Gasteiger charge is 2.28. The fourth-order valence-corrected chi connectivity index (χ4v) is 2.27. The van der Waals surface area contributed by atoms with Crippen molar-refractivity contribution in [3.63, 3.8) is 0 Å². The van der Waals surface area contributed by atoms with E-state index in [1.54, 1.807) is 18.3 Å². The topological polar surface area (TPSA) is 85.1 Å². The highest BCUT2D eigenvalue weighted by molar-refractivity contribution is 7.90. The Morgan fingerprint density at radius 2 is 2.11 bits per heavy atom. The van der Waals surface area contributed by atoms with Gasteiger partial charge in [-0.05, 0) is 25.0 Å². The molecule has 6 heteroatoms. The van der Waals surface area contributed by atoms with E-state index >= 15 is 0 Å². The lowest BCUT2D eigenvalue weighted by molar-refractivity contribution is 0.380. The van der Waals surface area contributed by atoms with Crippen LogP contribution in [-0.2, 0) is 9.84 Å². The van der Waals surface area contributed by atoms with Crippen molar-refractivity contribution < 1.29 is 8.42 Å². The Morgan fingerprint density at radius 1 is 1.50 bits per heavy atom. The van der Waals surface area contributed by atoms with E-state index in [0.717, 1.165) is 0 Å². The van der Waals surface area contributed by atoms with Gasteiger partial charge in [0.1, 0.15) is 10.7 Å². The van der Waals surface area contributed by atoms with Crippen molar-refractivity contribution >= 4 is 15.7 Å². The van der Waals surface area contributed by atoms with Gasteiger partial charge in [0.2, 0.25) is 0 Å². The normalized spacial score (nSPS) is 15.4. The maximum Gasteiger partial charge on any atom is 0.179 e. The number of hydrogen-bond acceptors (Lipinski definition) is 5. The maximum atomic E-state index is 11.7. The molecule has 0 radical (unpaired) electrons. The summed E-state index contributed by atoms with van der Waals surface area (Å²) in [6.45, 7) is 6.41. The highest BCUT2D eigenvalue weighted by atomic mass is 32.2. The summed E-state index contributed by atoms with van der Waals surface area (Å²) in [4.78, 5) is 4.31. The number of rotatable bonds is 5. The van der Waals surface area contributed by atoms with Crippen LogP contribution in [0.1, 0.15) is 20.8 Å². The smallest absolute Gasteiger partial charge is 0.179 e. The molecule has 0 bridgehead atoms. The third-order valence-electron chi connectivity index (χ3n) is 3.27. The van der Waals surface area contributed by atoms with Gasteiger partial charge >= 0.3 is 0 Å². The van der Waals surface area contributed by atoms with Crippen LogP contribution < -0.4 is 11.1 Å². The number of sulfone groups is 1. The van der Waals surface area contributed by atoms with Crippen LogP contribution >= 0.6 is 0 Å². The van der Waals surface area contributed by atoms with Gasteiger partial charge in [-0.3, -0.25) is 0 Å². The summed E-state index contributed by atoms with van der Waals surface area (Å²) in [5.41, 5.74) is 5.38. The summed E-state index contributed by atoms with van der Waals surface area (Å²) in [6, 6.07) is 3.15. The van der Waals surface area contributed by atoms with E-state index in [2.05, 4.69) is 10.3 Å². The fraction of sp³-hybridized carbons (Fsp3) is 0.583. The molecule has 5 nitrogen and oxygen atoms in total. The van der Waals surface area contributed by atoms with Gasteiger partial charge in [-0.25, -0.2) is 13.4 Å². The molecule has 1 rings (SSSR count). The lowest BCUT2D eigenvalue weighted by Crippen LogP contribution is -2.47. The first-order chi connectivity index (χ1) is 8.20. The average Bonchev–Trinajstić information content (AvgIpc) is 2.28. The molecule has 0 aromatic carbocycles. The predicted molar refractivity (Wildman–Crippen MR) is 73.3 cm³/mol. The molecule has 0 fully saturated rings. The minimum absolute atomic E-state index is 0.199. The van der Waals surface area contributed by atoms with Crippen molar-refractivity contribution in [2.45, 2.75) is 31.2 Å². The van der Waals surface area contributed by atoms with E-state index in [4.69, 9.17) is 5.73 Å². The summed E-state index contributed by atoms with van der Waals surface area (Å²) in [6.07, 6.45) is 2.73. The monoisotopic (exact) mass is 271 g/mol. The summed E-state index contributed by atoms with van der Waals surface area (Å²) >= 11 is 0. The zero-order valence-corrected chi connectivity index (χ0v) is 12.1. The molecule has 3 N–H and O–H groups in total. The first-order valence-electron chi connectivity index (χ1n) is 5.84. The third kappa shape index (κ3) is 3.20. The Morgan fingerprint density at radius 3 is 2.56 bits per heavy atom. The molecule has 0 aliphatic carbocycles. The largest absolute Gasteiger partial charge is 0.362 e. The lowest BCUT2D eigenvalue weighted by Gasteiger charge is -2.34. The molecule has 1 aromatic rings. The van der Waals surface area contributed by atoms with Crippen molar-refractivity contribution in [3.05, 3.63) is 18.3 Å². The molecule has 1 unspecified atom stereocenters. The number of anilines is 1. The van der Waals surface area contributed by atoms with Crippen LogP contribution in [0.25, 0.3) is 0 Å².